The number of fused-ring (bicyclic) bond motifs is 1. The molecular formula is C13H19N5O2. The molecule has 1 aliphatic rings. The molecule has 7 heteroatoms. The lowest BCUT2D eigenvalue weighted by atomic mass is 10.3. The van der Waals surface area contributed by atoms with Crippen LogP contribution in [0.3, 0.4) is 0 Å². The standard InChI is InChI=1S/C13H19N5O2/c1-9-15-11(8-12-16-17-13(19)18(9)12)14-6-7-20-10-4-2-3-5-10/h8,10,14H,2-7H2,1H3,(H,17,19). The van der Waals surface area contributed by atoms with Gasteiger partial charge in [0, 0.05) is 12.6 Å². The van der Waals surface area contributed by atoms with E-state index in [0.29, 0.717) is 36.5 Å². The van der Waals surface area contributed by atoms with Crippen molar-refractivity contribution < 1.29 is 4.74 Å². The third-order valence-electron chi connectivity index (χ3n) is 3.63. The summed E-state index contributed by atoms with van der Waals surface area (Å²) in [6, 6.07) is 1.75. The fraction of sp³-hybridized carbons (Fsp3) is 0.615. The molecule has 1 aliphatic carbocycles. The Labute approximate surface area is 116 Å². The van der Waals surface area contributed by atoms with Crippen molar-refractivity contribution in [2.24, 2.45) is 0 Å². The van der Waals surface area contributed by atoms with E-state index in [4.69, 9.17) is 4.74 Å². The van der Waals surface area contributed by atoms with E-state index in [-0.39, 0.29) is 5.69 Å². The molecule has 2 N–H and O–H groups in total. The molecule has 0 radical (unpaired) electrons. The second-order valence-electron chi connectivity index (χ2n) is 5.11. The lowest BCUT2D eigenvalue weighted by Gasteiger charge is -2.12. The molecule has 2 aromatic rings. The van der Waals surface area contributed by atoms with Crippen molar-refractivity contribution in [1.82, 2.24) is 19.6 Å². The smallest absolute Gasteiger partial charge is 0.349 e. The molecule has 0 spiro atoms. The zero-order valence-corrected chi connectivity index (χ0v) is 11.6. The maximum absolute atomic E-state index is 11.5. The van der Waals surface area contributed by atoms with E-state index in [0.717, 1.165) is 0 Å². The molecule has 1 fully saturated rings. The van der Waals surface area contributed by atoms with Gasteiger partial charge in [-0.05, 0) is 19.8 Å². The normalized spacial score (nSPS) is 16.1. The molecule has 0 saturated heterocycles. The summed E-state index contributed by atoms with van der Waals surface area (Å²) in [7, 11) is 0. The minimum absolute atomic E-state index is 0.263. The van der Waals surface area contributed by atoms with E-state index in [9.17, 15) is 4.79 Å². The zero-order chi connectivity index (χ0) is 13.9. The van der Waals surface area contributed by atoms with Crippen LogP contribution in [0.15, 0.2) is 10.9 Å². The number of hydrogen-bond donors (Lipinski definition) is 2. The summed E-state index contributed by atoms with van der Waals surface area (Å²) < 4.78 is 7.22. The van der Waals surface area contributed by atoms with Gasteiger partial charge in [-0.25, -0.2) is 19.3 Å². The second kappa shape index (κ2) is 5.62. The third kappa shape index (κ3) is 2.67. The van der Waals surface area contributed by atoms with E-state index in [1.54, 1.807) is 13.0 Å². The van der Waals surface area contributed by atoms with Gasteiger partial charge < -0.3 is 10.1 Å². The summed E-state index contributed by atoms with van der Waals surface area (Å²) in [6.45, 7) is 3.15. The SMILES string of the molecule is Cc1nc(NCCOC2CCCC2)cc2n[nH]c(=O)n12. The highest BCUT2D eigenvalue weighted by atomic mass is 16.5. The van der Waals surface area contributed by atoms with Crippen molar-refractivity contribution in [2.45, 2.75) is 38.7 Å². The molecule has 2 heterocycles. The number of aromatic nitrogens is 4. The highest BCUT2D eigenvalue weighted by molar-refractivity contribution is 5.49. The predicted octanol–water partition coefficient (Wildman–Crippen LogP) is 1.10. The van der Waals surface area contributed by atoms with Crippen LogP contribution in [0.1, 0.15) is 31.5 Å². The van der Waals surface area contributed by atoms with Crippen molar-refractivity contribution >= 4 is 11.5 Å². The van der Waals surface area contributed by atoms with Gasteiger partial charge in [-0.3, -0.25) is 0 Å². The number of ether oxygens (including phenoxy) is 1. The molecule has 0 aliphatic heterocycles. The van der Waals surface area contributed by atoms with Crippen molar-refractivity contribution in [1.29, 1.82) is 0 Å². The van der Waals surface area contributed by atoms with Gasteiger partial charge in [-0.15, -0.1) is 0 Å². The number of aryl methyl sites for hydroxylation is 1. The Bertz CT molecular complexity index is 642. The molecule has 0 aromatic carbocycles. The largest absolute Gasteiger partial charge is 0.376 e. The first-order chi connectivity index (χ1) is 9.74. The van der Waals surface area contributed by atoms with Crippen molar-refractivity contribution in [3.05, 3.63) is 22.4 Å². The first kappa shape index (κ1) is 13.1. The molecule has 0 bridgehead atoms. The number of rotatable bonds is 5. The summed E-state index contributed by atoms with van der Waals surface area (Å²) in [5.74, 6) is 1.32. The van der Waals surface area contributed by atoms with Crippen LogP contribution < -0.4 is 11.0 Å². The fourth-order valence-corrected chi connectivity index (χ4v) is 2.65. The third-order valence-corrected chi connectivity index (χ3v) is 3.63. The van der Waals surface area contributed by atoms with E-state index in [1.807, 2.05) is 0 Å². The van der Waals surface area contributed by atoms with E-state index in [2.05, 4.69) is 20.5 Å². The van der Waals surface area contributed by atoms with Gasteiger partial charge in [0.05, 0.1) is 12.7 Å². The molecular weight excluding hydrogens is 258 g/mol. The topological polar surface area (TPSA) is 84.3 Å². The lowest BCUT2D eigenvalue weighted by molar-refractivity contribution is 0.0658. The first-order valence-corrected chi connectivity index (χ1v) is 7.04. The van der Waals surface area contributed by atoms with Gasteiger partial charge in [0.2, 0.25) is 0 Å². The van der Waals surface area contributed by atoms with E-state index in [1.165, 1.54) is 30.1 Å². The van der Waals surface area contributed by atoms with Crippen LogP contribution in [0, 0.1) is 6.92 Å². The molecule has 0 atom stereocenters. The number of hydrogen-bond acceptors (Lipinski definition) is 5. The van der Waals surface area contributed by atoms with Gasteiger partial charge in [0.15, 0.2) is 5.65 Å². The van der Waals surface area contributed by atoms with Gasteiger partial charge in [0.25, 0.3) is 0 Å². The van der Waals surface area contributed by atoms with Crippen LogP contribution in [0.2, 0.25) is 0 Å². The molecule has 0 amide bonds. The Morgan fingerprint density at radius 3 is 3.10 bits per heavy atom. The van der Waals surface area contributed by atoms with Crippen LogP contribution >= 0.6 is 0 Å². The van der Waals surface area contributed by atoms with Gasteiger partial charge >= 0.3 is 5.69 Å². The predicted molar refractivity (Wildman–Crippen MR) is 75.0 cm³/mol. The number of H-pyrrole nitrogens is 1. The Balaban J connectivity index is 1.58. The van der Waals surface area contributed by atoms with Gasteiger partial charge in [0.1, 0.15) is 11.6 Å². The minimum atomic E-state index is -0.263. The Hall–Kier alpha value is -1.89. The van der Waals surface area contributed by atoms with Gasteiger partial charge in [-0.2, -0.15) is 5.10 Å². The average Bonchev–Trinajstić information content (AvgIpc) is 3.05. The number of aromatic amines is 1. The summed E-state index contributed by atoms with van der Waals surface area (Å²) in [5, 5.41) is 9.56. The highest BCUT2D eigenvalue weighted by Gasteiger charge is 2.14. The van der Waals surface area contributed by atoms with E-state index >= 15 is 0 Å². The Morgan fingerprint density at radius 2 is 2.30 bits per heavy atom. The number of nitrogens with one attached hydrogen (secondary N) is 2. The zero-order valence-electron chi connectivity index (χ0n) is 11.6. The van der Waals surface area contributed by atoms with Crippen LogP contribution in [0.4, 0.5) is 5.82 Å². The molecule has 0 unspecified atom stereocenters. The average molecular weight is 277 g/mol. The lowest BCUT2D eigenvalue weighted by Crippen LogP contribution is -2.17. The van der Waals surface area contributed by atoms with Crippen molar-refractivity contribution in [3.8, 4) is 0 Å². The molecule has 7 nitrogen and oxygen atoms in total. The summed E-state index contributed by atoms with van der Waals surface area (Å²) >= 11 is 0. The maximum Gasteiger partial charge on any atom is 0.349 e. The molecule has 2 aromatic heterocycles. The molecule has 20 heavy (non-hydrogen) atoms. The minimum Gasteiger partial charge on any atom is -0.376 e. The maximum atomic E-state index is 11.5. The Morgan fingerprint density at radius 1 is 1.50 bits per heavy atom. The van der Waals surface area contributed by atoms with Crippen LogP contribution in [-0.4, -0.2) is 38.8 Å². The monoisotopic (exact) mass is 277 g/mol. The molecule has 1 saturated carbocycles. The van der Waals surface area contributed by atoms with Crippen LogP contribution in [0.5, 0.6) is 0 Å². The van der Waals surface area contributed by atoms with Crippen LogP contribution in [0.25, 0.3) is 5.65 Å². The first-order valence-electron chi connectivity index (χ1n) is 7.04. The summed E-state index contributed by atoms with van der Waals surface area (Å²) in [6.07, 6.45) is 5.35. The Kier molecular flexibility index (Phi) is 3.68. The van der Waals surface area contributed by atoms with E-state index < -0.39 is 0 Å². The van der Waals surface area contributed by atoms with Crippen LogP contribution in [-0.2, 0) is 4.74 Å². The number of nitrogens with zero attached hydrogens (tertiary/aromatic N) is 3. The summed E-state index contributed by atoms with van der Waals surface area (Å²) in [4.78, 5) is 15.8. The number of anilines is 1. The second-order valence-corrected chi connectivity index (χ2v) is 5.11. The van der Waals surface area contributed by atoms with Gasteiger partial charge in [-0.1, -0.05) is 12.8 Å². The molecule has 3 rings (SSSR count). The fourth-order valence-electron chi connectivity index (χ4n) is 2.65. The van der Waals surface area contributed by atoms with Crippen molar-refractivity contribution in [2.75, 3.05) is 18.5 Å². The quantitative estimate of drug-likeness (QED) is 0.799. The highest BCUT2D eigenvalue weighted by Crippen LogP contribution is 2.20. The van der Waals surface area contributed by atoms with Crippen molar-refractivity contribution in [3.63, 3.8) is 0 Å². The summed E-state index contributed by atoms with van der Waals surface area (Å²) in [5.41, 5.74) is 0.308. The molecule has 108 valence electrons.